The molecule has 0 fully saturated rings. The minimum atomic E-state index is -0.474. The number of imidazole rings is 1. The van der Waals surface area contributed by atoms with Crippen LogP contribution in [0.1, 0.15) is 5.82 Å². The van der Waals surface area contributed by atoms with Crippen LogP contribution in [-0.2, 0) is 0 Å². The van der Waals surface area contributed by atoms with Crippen LogP contribution in [0.3, 0.4) is 0 Å². The van der Waals surface area contributed by atoms with Crippen molar-refractivity contribution in [1.82, 2.24) is 19.5 Å². The molecule has 0 spiro atoms. The van der Waals surface area contributed by atoms with Crippen molar-refractivity contribution in [3.05, 3.63) is 45.4 Å². The minimum Gasteiger partial charge on any atom is -0.369 e. The first-order valence-corrected chi connectivity index (χ1v) is 6.28. The SMILES string of the molecule is Cc1nc(Cl)c2c(n1)nc(N)n2-c1ccc([N+](=O)[O-])cc1. The number of aryl methyl sites for hydroxylation is 1. The first-order valence-electron chi connectivity index (χ1n) is 5.90. The van der Waals surface area contributed by atoms with Crippen LogP contribution in [0.5, 0.6) is 0 Å². The molecule has 2 N–H and O–H groups in total. The highest BCUT2D eigenvalue weighted by Gasteiger charge is 2.16. The predicted octanol–water partition coefficient (Wildman–Crippen LogP) is 2.27. The summed E-state index contributed by atoms with van der Waals surface area (Å²) in [6, 6.07) is 5.88. The van der Waals surface area contributed by atoms with Gasteiger partial charge in [-0.3, -0.25) is 14.7 Å². The van der Waals surface area contributed by atoms with Crippen molar-refractivity contribution in [2.75, 3.05) is 5.73 Å². The lowest BCUT2D eigenvalue weighted by Gasteiger charge is -2.06. The Morgan fingerprint density at radius 3 is 2.52 bits per heavy atom. The van der Waals surface area contributed by atoms with Gasteiger partial charge < -0.3 is 5.73 Å². The number of nitrogens with two attached hydrogens (primary N) is 1. The van der Waals surface area contributed by atoms with Crippen molar-refractivity contribution in [2.45, 2.75) is 6.92 Å². The summed E-state index contributed by atoms with van der Waals surface area (Å²) >= 11 is 6.14. The van der Waals surface area contributed by atoms with Crippen LogP contribution >= 0.6 is 11.6 Å². The van der Waals surface area contributed by atoms with E-state index >= 15 is 0 Å². The molecule has 0 saturated carbocycles. The minimum absolute atomic E-state index is 0.0140. The van der Waals surface area contributed by atoms with Crippen LogP contribution in [0.15, 0.2) is 24.3 Å². The Kier molecular flexibility index (Phi) is 2.95. The summed E-state index contributed by atoms with van der Waals surface area (Å²) in [5.74, 6) is 0.668. The fourth-order valence-corrected chi connectivity index (χ4v) is 2.34. The molecule has 3 rings (SSSR count). The molecule has 0 radical (unpaired) electrons. The van der Waals surface area contributed by atoms with E-state index in [1.165, 1.54) is 12.1 Å². The lowest BCUT2D eigenvalue weighted by Crippen LogP contribution is -2.01. The zero-order valence-corrected chi connectivity index (χ0v) is 11.6. The highest BCUT2D eigenvalue weighted by Crippen LogP contribution is 2.27. The molecule has 0 aliphatic carbocycles. The van der Waals surface area contributed by atoms with Gasteiger partial charge >= 0.3 is 0 Å². The molecule has 8 nitrogen and oxygen atoms in total. The standard InChI is InChI=1S/C12H9ClN6O2/c1-6-15-10(13)9-11(16-6)17-12(14)18(9)7-2-4-8(5-3-7)19(20)21/h2-5H,1H3,(H2,14,15,16,17). The third kappa shape index (κ3) is 2.15. The van der Waals surface area contributed by atoms with Gasteiger partial charge in [-0.25, -0.2) is 9.97 Å². The van der Waals surface area contributed by atoms with Gasteiger partial charge in [-0.05, 0) is 19.1 Å². The largest absolute Gasteiger partial charge is 0.369 e. The van der Waals surface area contributed by atoms with E-state index in [0.29, 0.717) is 22.7 Å². The number of halogens is 1. The molecule has 0 saturated heterocycles. The Hall–Kier alpha value is -2.74. The number of anilines is 1. The topological polar surface area (TPSA) is 113 Å². The van der Waals surface area contributed by atoms with Crippen molar-refractivity contribution in [3.63, 3.8) is 0 Å². The molecule has 1 aromatic carbocycles. The van der Waals surface area contributed by atoms with E-state index in [2.05, 4.69) is 15.0 Å². The van der Waals surface area contributed by atoms with Crippen molar-refractivity contribution in [3.8, 4) is 5.69 Å². The van der Waals surface area contributed by atoms with Crippen LogP contribution < -0.4 is 5.73 Å². The molecular weight excluding hydrogens is 296 g/mol. The van der Waals surface area contributed by atoms with Crippen LogP contribution in [-0.4, -0.2) is 24.4 Å². The maximum atomic E-state index is 10.7. The van der Waals surface area contributed by atoms with Crippen molar-refractivity contribution in [2.24, 2.45) is 0 Å². The van der Waals surface area contributed by atoms with Crippen molar-refractivity contribution < 1.29 is 4.92 Å². The fraction of sp³-hybridized carbons (Fsp3) is 0.0833. The maximum Gasteiger partial charge on any atom is 0.269 e. The zero-order valence-electron chi connectivity index (χ0n) is 10.8. The second-order valence-corrected chi connectivity index (χ2v) is 4.67. The van der Waals surface area contributed by atoms with Gasteiger partial charge in [0.05, 0.1) is 4.92 Å². The Morgan fingerprint density at radius 1 is 1.24 bits per heavy atom. The van der Waals surface area contributed by atoms with Gasteiger partial charge in [-0.1, -0.05) is 11.6 Å². The summed E-state index contributed by atoms with van der Waals surface area (Å²) in [7, 11) is 0. The molecule has 0 amide bonds. The number of benzene rings is 1. The molecule has 2 aromatic heterocycles. The quantitative estimate of drug-likeness (QED) is 0.441. The number of non-ortho nitro benzene ring substituents is 1. The number of nitrogens with zero attached hydrogens (tertiary/aromatic N) is 5. The van der Waals surface area contributed by atoms with Gasteiger partial charge in [0.1, 0.15) is 11.3 Å². The molecule has 106 valence electrons. The van der Waals surface area contributed by atoms with Crippen molar-refractivity contribution in [1.29, 1.82) is 0 Å². The number of nitro benzene ring substituents is 1. The van der Waals surface area contributed by atoms with Crippen LogP contribution in [0.25, 0.3) is 16.9 Å². The molecule has 3 aromatic rings. The van der Waals surface area contributed by atoms with Gasteiger partial charge in [-0.2, -0.15) is 4.98 Å². The predicted molar refractivity (Wildman–Crippen MR) is 77.5 cm³/mol. The lowest BCUT2D eigenvalue weighted by molar-refractivity contribution is -0.384. The van der Waals surface area contributed by atoms with Gasteiger partial charge in [0, 0.05) is 17.8 Å². The smallest absolute Gasteiger partial charge is 0.269 e. The molecule has 0 bridgehead atoms. The van der Waals surface area contributed by atoms with Crippen LogP contribution in [0.2, 0.25) is 5.15 Å². The fourth-order valence-electron chi connectivity index (χ4n) is 2.05. The zero-order chi connectivity index (χ0) is 15.1. The monoisotopic (exact) mass is 304 g/mol. The summed E-state index contributed by atoms with van der Waals surface area (Å²) in [5, 5.41) is 10.9. The Morgan fingerprint density at radius 2 is 1.90 bits per heavy atom. The molecule has 0 atom stereocenters. The van der Waals surface area contributed by atoms with Gasteiger partial charge in [0.25, 0.3) is 5.69 Å². The van der Waals surface area contributed by atoms with Gasteiger partial charge in [-0.15, -0.1) is 0 Å². The third-order valence-electron chi connectivity index (χ3n) is 2.93. The van der Waals surface area contributed by atoms with E-state index in [9.17, 15) is 10.1 Å². The van der Waals surface area contributed by atoms with Crippen molar-refractivity contribution >= 4 is 34.4 Å². The summed E-state index contributed by atoms with van der Waals surface area (Å²) < 4.78 is 1.56. The summed E-state index contributed by atoms with van der Waals surface area (Å²) in [5.41, 5.74) is 7.32. The number of fused-ring (bicyclic) bond motifs is 1. The summed E-state index contributed by atoms with van der Waals surface area (Å²) in [6.07, 6.45) is 0. The maximum absolute atomic E-state index is 10.7. The number of hydrogen-bond acceptors (Lipinski definition) is 6. The number of rotatable bonds is 2. The molecule has 0 aliphatic rings. The molecule has 0 aliphatic heterocycles. The van der Waals surface area contributed by atoms with E-state index in [4.69, 9.17) is 17.3 Å². The summed E-state index contributed by atoms with van der Waals surface area (Å²) in [6.45, 7) is 1.70. The molecule has 2 heterocycles. The molecule has 9 heteroatoms. The number of nitrogen functional groups attached to an aromatic ring is 1. The normalized spacial score (nSPS) is 11.0. The average Bonchev–Trinajstić information content (AvgIpc) is 2.75. The third-order valence-corrected chi connectivity index (χ3v) is 3.19. The second kappa shape index (κ2) is 4.67. The Labute approximate surface area is 123 Å². The average molecular weight is 305 g/mol. The summed E-state index contributed by atoms with van der Waals surface area (Å²) in [4.78, 5) is 22.6. The van der Waals surface area contributed by atoms with E-state index in [1.807, 2.05) is 0 Å². The van der Waals surface area contributed by atoms with E-state index in [-0.39, 0.29) is 16.8 Å². The second-order valence-electron chi connectivity index (χ2n) is 4.31. The van der Waals surface area contributed by atoms with E-state index < -0.39 is 4.92 Å². The highest BCUT2D eigenvalue weighted by atomic mass is 35.5. The Balaban J connectivity index is 2.24. The molecule has 0 unspecified atom stereocenters. The molecule has 21 heavy (non-hydrogen) atoms. The highest BCUT2D eigenvalue weighted by molar-refractivity contribution is 6.33. The first kappa shape index (κ1) is 13.3. The van der Waals surface area contributed by atoms with Crippen LogP contribution in [0, 0.1) is 17.0 Å². The number of hydrogen-bond donors (Lipinski definition) is 1. The first-order chi connectivity index (χ1) is 9.97. The van der Waals surface area contributed by atoms with E-state index in [1.54, 1.807) is 23.6 Å². The lowest BCUT2D eigenvalue weighted by atomic mass is 10.3. The number of nitro groups is 1. The Bertz CT molecular complexity index is 858. The van der Waals surface area contributed by atoms with E-state index in [0.717, 1.165) is 0 Å². The molecular formula is C12H9ClN6O2. The van der Waals surface area contributed by atoms with Crippen LogP contribution in [0.4, 0.5) is 11.6 Å². The number of aromatic nitrogens is 4. The van der Waals surface area contributed by atoms with Gasteiger partial charge in [0.15, 0.2) is 10.8 Å². The van der Waals surface area contributed by atoms with Gasteiger partial charge in [0.2, 0.25) is 5.95 Å².